The van der Waals surface area contributed by atoms with Gasteiger partial charge in [0.15, 0.2) is 5.11 Å². The number of methoxy groups -OCH3 is 1. The third-order valence-corrected chi connectivity index (χ3v) is 7.39. The molecule has 0 saturated carbocycles. The number of nitrogens with zero attached hydrogens (tertiary/aromatic N) is 4. The standard InChI is InChI=1S/C30H31N5O2S/c1-19-18-25(20(2)34(19)23-11-9-21(10-12-23)29(36)37-5)28-27(26-8-6-7-17-31-26)32-30(38)35(28)24-15-13-22(14-16-24)33(3)4/h6-18,27-28H,1-5H3,(H,32,38)/t27-,28+/m1/s1. The maximum absolute atomic E-state index is 11.9. The minimum atomic E-state index is -0.349. The molecular formula is C30H31N5O2S. The molecule has 38 heavy (non-hydrogen) atoms. The number of thiocarbonyl (C=S) groups is 1. The van der Waals surface area contributed by atoms with Crippen LogP contribution in [-0.4, -0.2) is 41.8 Å². The van der Waals surface area contributed by atoms with Gasteiger partial charge >= 0.3 is 5.97 Å². The Bertz CT molecular complexity index is 1460. The van der Waals surface area contributed by atoms with Crippen LogP contribution in [0.15, 0.2) is 79.0 Å². The first kappa shape index (κ1) is 25.5. The van der Waals surface area contributed by atoms with Gasteiger partial charge in [-0.1, -0.05) is 6.07 Å². The molecule has 5 rings (SSSR count). The number of esters is 1. The predicted octanol–water partition coefficient (Wildman–Crippen LogP) is 5.52. The molecule has 1 saturated heterocycles. The van der Waals surface area contributed by atoms with E-state index in [2.05, 4.69) is 68.8 Å². The fourth-order valence-corrected chi connectivity index (χ4v) is 5.56. The van der Waals surface area contributed by atoms with Crippen molar-refractivity contribution in [3.05, 3.63) is 107 Å². The highest BCUT2D eigenvalue weighted by Gasteiger charge is 2.42. The van der Waals surface area contributed by atoms with Crippen LogP contribution < -0.4 is 15.1 Å². The summed E-state index contributed by atoms with van der Waals surface area (Å²) in [7, 11) is 5.45. The van der Waals surface area contributed by atoms with Crippen molar-refractivity contribution in [3.8, 4) is 5.69 Å². The third-order valence-electron chi connectivity index (χ3n) is 7.08. The van der Waals surface area contributed by atoms with Crippen LogP contribution in [0.2, 0.25) is 0 Å². The number of pyridine rings is 1. The molecule has 1 aliphatic rings. The van der Waals surface area contributed by atoms with Crippen molar-refractivity contribution in [1.82, 2.24) is 14.9 Å². The van der Waals surface area contributed by atoms with Crippen LogP contribution in [0.3, 0.4) is 0 Å². The Morgan fingerprint density at radius 1 is 1.00 bits per heavy atom. The average molecular weight is 526 g/mol. The molecule has 2 aromatic carbocycles. The summed E-state index contributed by atoms with van der Waals surface area (Å²) in [5.41, 5.74) is 7.90. The van der Waals surface area contributed by atoms with Gasteiger partial charge in [0.25, 0.3) is 0 Å². The molecule has 0 spiro atoms. The summed E-state index contributed by atoms with van der Waals surface area (Å²) in [6.07, 6.45) is 1.82. The van der Waals surface area contributed by atoms with E-state index < -0.39 is 0 Å². The Labute approximate surface area is 228 Å². The van der Waals surface area contributed by atoms with Crippen LogP contribution in [0.5, 0.6) is 0 Å². The van der Waals surface area contributed by atoms with Gasteiger partial charge in [-0.15, -0.1) is 0 Å². The Balaban J connectivity index is 1.61. The number of carbonyl (C=O) groups excluding carboxylic acids is 1. The van der Waals surface area contributed by atoms with E-state index in [1.807, 2.05) is 50.6 Å². The van der Waals surface area contributed by atoms with Crippen LogP contribution in [-0.2, 0) is 4.74 Å². The topological polar surface area (TPSA) is 62.6 Å². The van der Waals surface area contributed by atoms with Crippen molar-refractivity contribution < 1.29 is 9.53 Å². The number of aromatic nitrogens is 2. The summed E-state index contributed by atoms with van der Waals surface area (Å²) < 4.78 is 7.07. The highest BCUT2D eigenvalue weighted by atomic mass is 32.1. The lowest BCUT2D eigenvalue weighted by Crippen LogP contribution is -2.29. The fourth-order valence-electron chi connectivity index (χ4n) is 5.21. The second-order valence-corrected chi connectivity index (χ2v) is 9.99. The van der Waals surface area contributed by atoms with Gasteiger partial charge < -0.3 is 24.4 Å². The first-order chi connectivity index (χ1) is 18.3. The van der Waals surface area contributed by atoms with Gasteiger partial charge in [0.1, 0.15) is 0 Å². The van der Waals surface area contributed by atoms with E-state index in [-0.39, 0.29) is 18.1 Å². The molecule has 8 heteroatoms. The van der Waals surface area contributed by atoms with Crippen LogP contribution in [0.1, 0.15) is 45.1 Å². The largest absolute Gasteiger partial charge is 0.465 e. The number of benzene rings is 2. The zero-order valence-corrected chi connectivity index (χ0v) is 23.0. The van der Waals surface area contributed by atoms with E-state index in [1.54, 1.807) is 12.1 Å². The van der Waals surface area contributed by atoms with Crippen LogP contribution in [0.25, 0.3) is 5.69 Å². The fraction of sp³-hybridized carbons (Fsp3) is 0.233. The van der Waals surface area contributed by atoms with Crippen molar-refractivity contribution in [1.29, 1.82) is 0 Å². The van der Waals surface area contributed by atoms with Crippen LogP contribution in [0.4, 0.5) is 11.4 Å². The number of ether oxygens (including phenoxy) is 1. The summed E-state index contributed by atoms with van der Waals surface area (Å²) >= 11 is 5.91. The molecule has 0 amide bonds. The first-order valence-corrected chi connectivity index (χ1v) is 12.9. The van der Waals surface area contributed by atoms with Gasteiger partial charge in [-0.2, -0.15) is 0 Å². The Kier molecular flexibility index (Phi) is 6.91. The first-order valence-electron chi connectivity index (χ1n) is 12.5. The van der Waals surface area contributed by atoms with E-state index in [9.17, 15) is 4.79 Å². The minimum Gasteiger partial charge on any atom is -0.465 e. The molecule has 4 aromatic rings. The Hall–Kier alpha value is -4.17. The van der Waals surface area contributed by atoms with Crippen LogP contribution in [0, 0.1) is 13.8 Å². The van der Waals surface area contributed by atoms with Crippen molar-refractivity contribution in [2.45, 2.75) is 25.9 Å². The summed E-state index contributed by atoms with van der Waals surface area (Å²) in [6.45, 7) is 4.22. The molecular weight excluding hydrogens is 494 g/mol. The van der Waals surface area contributed by atoms with Gasteiger partial charge in [-0.3, -0.25) is 4.98 Å². The minimum absolute atomic E-state index is 0.114. The number of carbonyl (C=O) groups is 1. The molecule has 0 radical (unpaired) electrons. The number of rotatable bonds is 6. The molecule has 3 heterocycles. The third kappa shape index (κ3) is 4.52. The molecule has 0 bridgehead atoms. The second kappa shape index (κ2) is 10.3. The second-order valence-electron chi connectivity index (χ2n) is 9.61. The van der Waals surface area contributed by atoms with Crippen molar-refractivity contribution >= 4 is 34.7 Å². The zero-order chi connectivity index (χ0) is 27.0. The highest BCUT2D eigenvalue weighted by Crippen LogP contribution is 2.44. The molecule has 0 unspecified atom stereocenters. The molecule has 1 N–H and O–H groups in total. The average Bonchev–Trinajstić information content (AvgIpc) is 3.43. The number of hydrogen-bond acceptors (Lipinski definition) is 5. The summed E-state index contributed by atoms with van der Waals surface area (Å²) in [5.74, 6) is -0.349. The molecule has 194 valence electrons. The van der Waals surface area contributed by atoms with Crippen molar-refractivity contribution in [2.75, 3.05) is 31.0 Å². The quantitative estimate of drug-likeness (QED) is 0.263. The Morgan fingerprint density at radius 2 is 1.68 bits per heavy atom. The Morgan fingerprint density at radius 3 is 2.29 bits per heavy atom. The normalized spacial score (nSPS) is 16.9. The van der Waals surface area contributed by atoms with Gasteiger partial charge in [0.2, 0.25) is 0 Å². The zero-order valence-electron chi connectivity index (χ0n) is 22.2. The van der Waals surface area contributed by atoms with E-state index in [0.29, 0.717) is 10.7 Å². The predicted molar refractivity (Wildman–Crippen MR) is 155 cm³/mol. The van der Waals surface area contributed by atoms with Gasteiger partial charge in [0.05, 0.1) is 30.5 Å². The van der Waals surface area contributed by atoms with E-state index in [0.717, 1.165) is 39.7 Å². The SMILES string of the molecule is COC(=O)c1ccc(-n2c(C)cc([C@H]3[C@@H](c4ccccn4)NC(=S)N3c3ccc(N(C)C)cc3)c2C)cc1. The summed E-state index contributed by atoms with van der Waals surface area (Å²) in [4.78, 5) is 20.9. The number of nitrogens with one attached hydrogen (secondary N) is 1. The van der Waals surface area contributed by atoms with E-state index in [4.69, 9.17) is 17.0 Å². The maximum atomic E-state index is 11.9. The number of anilines is 2. The number of hydrogen-bond donors (Lipinski definition) is 1. The molecule has 1 fully saturated rings. The monoisotopic (exact) mass is 525 g/mol. The lowest BCUT2D eigenvalue weighted by molar-refractivity contribution is 0.0600. The van der Waals surface area contributed by atoms with Crippen molar-refractivity contribution in [3.63, 3.8) is 0 Å². The van der Waals surface area contributed by atoms with Crippen molar-refractivity contribution in [2.24, 2.45) is 0 Å². The number of aryl methyl sites for hydroxylation is 1. The van der Waals surface area contributed by atoms with E-state index in [1.165, 1.54) is 7.11 Å². The maximum Gasteiger partial charge on any atom is 0.337 e. The molecule has 7 nitrogen and oxygen atoms in total. The molecule has 2 aromatic heterocycles. The van der Waals surface area contributed by atoms with Crippen LogP contribution >= 0.6 is 12.2 Å². The van der Waals surface area contributed by atoms with Gasteiger partial charge in [-0.25, -0.2) is 4.79 Å². The lowest BCUT2D eigenvalue weighted by atomic mass is 9.96. The summed E-state index contributed by atoms with van der Waals surface area (Å²) in [6, 6.07) is 23.9. The van der Waals surface area contributed by atoms with Gasteiger partial charge in [-0.05, 0) is 98.4 Å². The highest BCUT2D eigenvalue weighted by molar-refractivity contribution is 7.80. The molecule has 0 aliphatic carbocycles. The van der Waals surface area contributed by atoms with E-state index >= 15 is 0 Å². The van der Waals surface area contributed by atoms with Gasteiger partial charge in [0, 0.05) is 48.7 Å². The lowest BCUT2D eigenvalue weighted by Gasteiger charge is -2.28. The summed E-state index contributed by atoms with van der Waals surface area (Å²) in [5, 5.41) is 4.21. The smallest absolute Gasteiger partial charge is 0.337 e. The molecule has 2 atom stereocenters. The molecule has 1 aliphatic heterocycles.